The van der Waals surface area contributed by atoms with Gasteiger partial charge in [0, 0.05) is 23.7 Å². The normalized spacial score (nSPS) is 17.3. The summed E-state index contributed by atoms with van der Waals surface area (Å²) in [6.45, 7) is 0.509. The number of anilines is 1. The second kappa shape index (κ2) is 6.84. The van der Waals surface area contributed by atoms with Gasteiger partial charge in [0.1, 0.15) is 0 Å². The van der Waals surface area contributed by atoms with Crippen molar-refractivity contribution in [2.75, 3.05) is 11.4 Å². The zero-order valence-electron chi connectivity index (χ0n) is 12.5. The summed E-state index contributed by atoms with van der Waals surface area (Å²) < 4.78 is 0. The summed E-state index contributed by atoms with van der Waals surface area (Å²) in [7, 11) is 0. The molecule has 1 atom stereocenters. The molecule has 23 heavy (non-hydrogen) atoms. The van der Waals surface area contributed by atoms with Crippen molar-refractivity contribution in [2.45, 2.75) is 18.9 Å². The van der Waals surface area contributed by atoms with Crippen LogP contribution < -0.4 is 10.2 Å². The lowest BCUT2D eigenvalue weighted by Gasteiger charge is -2.17. The highest BCUT2D eigenvalue weighted by molar-refractivity contribution is 6.30. The van der Waals surface area contributed by atoms with Gasteiger partial charge >= 0.3 is 0 Å². The van der Waals surface area contributed by atoms with Gasteiger partial charge in [-0.25, -0.2) is 0 Å². The van der Waals surface area contributed by atoms with Crippen LogP contribution in [0.5, 0.6) is 0 Å². The molecule has 1 N–H and O–H groups in total. The maximum Gasteiger partial charge on any atom is 0.229 e. The number of nitrogens with one attached hydrogen (secondary N) is 1. The molecular weight excluding hydrogens is 312 g/mol. The molecule has 1 heterocycles. The Labute approximate surface area is 140 Å². The van der Waals surface area contributed by atoms with Crippen LogP contribution in [0.1, 0.15) is 12.0 Å². The first-order valence-electron chi connectivity index (χ1n) is 7.51. The van der Waals surface area contributed by atoms with Crippen molar-refractivity contribution in [1.82, 2.24) is 5.32 Å². The Morgan fingerprint density at radius 1 is 1.13 bits per heavy atom. The van der Waals surface area contributed by atoms with Crippen molar-refractivity contribution in [3.05, 3.63) is 65.2 Å². The van der Waals surface area contributed by atoms with Crippen LogP contribution >= 0.6 is 11.6 Å². The minimum Gasteiger partial charge on any atom is -0.351 e. The molecule has 2 amide bonds. The molecule has 0 aromatic heterocycles. The van der Waals surface area contributed by atoms with Gasteiger partial charge in [-0.3, -0.25) is 9.59 Å². The highest BCUT2D eigenvalue weighted by Gasteiger charge is 2.31. The fourth-order valence-corrected chi connectivity index (χ4v) is 2.85. The molecule has 118 valence electrons. The predicted molar refractivity (Wildman–Crippen MR) is 90.5 cm³/mol. The third kappa shape index (κ3) is 3.90. The molecule has 4 nitrogen and oxygen atoms in total. The third-order valence-corrected chi connectivity index (χ3v) is 4.09. The first kappa shape index (κ1) is 15.6. The van der Waals surface area contributed by atoms with Crippen LogP contribution in [0.25, 0.3) is 0 Å². The van der Waals surface area contributed by atoms with E-state index in [9.17, 15) is 9.59 Å². The monoisotopic (exact) mass is 328 g/mol. The maximum absolute atomic E-state index is 12.1. The van der Waals surface area contributed by atoms with Gasteiger partial charge < -0.3 is 10.2 Å². The van der Waals surface area contributed by atoms with Crippen molar-refractivity contribution in [2.24, 2.45) is 0 Å². The summed E-state index contributed by atoms with van der Waals surface area (Å²) in [4.78, 5) is 26.0. The van der Waals surface area contributed by atoms with E-state index < -0.39 is 0 Å². The fraction of sp³-hybridized carbons (Fsp3) is 0.222. The number of hydrogen-bond acceptors (Lipinski definition) is 2. The number of amides is 2. The number of hydrogen-bond donors (Lipinski definition) is 1. The first-order valence-corrected chi connectivity index (χ1v) is 7.89. The SMILES string of the molecule is O=C(Cc1ccc(Cl)cc1)NC1CC(=O)N(c2ccccc2)C1. The van der Waals surface area contributed by atoms with E-state index in [1.165, 1.54) is 0 Å². The van der Waals surface area contributed by atoms with Crippen LogP contribution in [0.4, 0.5) is 5.69 Å². The van der Waals surface area contributed by atoms with Gasteiger partial charge in [-0.15, -0.1) is 0 Å². The van der Waals surface area contributed by atoms with E-state index in [0.29, 0.717) is 18.0 Å². The molecule has 0 bridgehead atoms. The third-order valence-electron chi connectivity index (χ3n) is 3.84. The maximum atomic E-state index is 12.1. The molecule has 1 saturated heterocycles. The number of nitrogens with zero attached hydrogens (tertiary/aromatic N) is 1. The number of halogens is 1. The average Bonchev–Trinajstić information content (AvgIpc) is 2.91. The Kier molecular flexibility index (Phi) is 4.63. The summed E-state index contributed by atoms with van der Waals surface area (Å²) >= 11 is 5.83. The molecular formula is C18H17ClN2O2. The minimum atomic E-state index is -0.150. The van der Waals surface area contributed by atoms with Gasteiger partial charge in [0.25, 0.3) is 0 Å². The Morgan fingerprint density at radius 2 is 1.83 bits per heavy atom. The topological polar surface area (TPSA) is 49.4 Å². The second-order valence-corrected chi connectivity index (χ2v) is 6.05. The smallest absolute Gasteiger partial charge is 0.229 e. The van der Waals surface area contributed by atoms with Crippen molar-refractivity contribution < 1.29 is 9.59 Å². The summed E-state index contributed by atoms with van der Waals surface area (Å²) in [5.41, 5.74) is 1.77. The van der Waals surface area contributed by atoms with Gasteiger partial charge in [-0.05, 0) is 29.8 Å². The van der Waals surface area contributed by atoms with E-state index in [1.54, 1.807) is 17.0 Å². The van der Waals surface area contributed by atoms with E-state index in [2.05, 4.69) is 5.32 Å². The van der Waals surface area contributed by atoms with Gasteiger partial charge in [0.2, 0.25) is 11.8 Å². The van der Waals surface area contributed by atoms with Crippen molar-refractivity contribution in [3.63, 3.8) is 0 Å². The number of carbonyl (C=O) groups excluding carboxylic acids is 2. The largest absolute Gasteiger partial charge is 0.351 e. The van der Waals surface area contributed by atoms with Crippen LogP contribution in [-0.4, -0.2) is 24.4 Å². The van der Waals surface area contributed by atoms with E-state index in [1.807, 2.05) is 42.5 Å². The zero-order valence-corrected chi connectivity index (χ0v) is 13.3. The highest BCUT2D eigenvalue weighted by Crippen LogP contribution is 2.21. The number of rotatable bonds is 4. The molecule has 5 heteroatoms. The molecule has 0 saturated carbocycles. The van der Waals surface area contributed by atoms with E-state index in [-0.39, 0.29) is 24.3 Å². The standard InChI is InChI=1S/C18H17ClN2O2/c19-14-8-6-13(7-9-14)10-17(22)20-15-11-18(23)21(12-15)16-4-2-1-3-5-16/h1-9,15H,10-12H2,(H,20,22). The molecule has 1 aliphatic heterocycles. The Balaban J connectivity index is 1.57. The lowest BCUT2D eigenvalue weighted by atomic mass is 10.1. The van der Waals surface area contributed by atoms with Crippen molar-refractivity contribution in [1.29, 1.82) is 0 Å². The second-order valence-electron chi connectivity index (χ2n) is 5.61. The average molecular weight is 329 g/mol. The Bertz CT molecular complexity index is 701. The van der Waals surface area contributed by atoms with Crippen molar-refractivity contribution >= 4 is 29.1 Å². The molecule has 0 spiro atoms. The molecule has 1 unspecified atom stereocenters. The number of benzene rings is 2. The van der Waals surface area contributed by atoms with Crippen LogP contribution in [0.3, 0.4) is 0 Å². The number of carbonyl (C=O) groups is 2. The molecule has 1 fully saturated rings. The first-order chi connectivity index (χ1) is 11.1. The Morgan fingerprint density at radius 3 is 2.52 bits per heavy atom. The summed E-state index contributed by atoms with van der Waals surface area (Å²) in [5.74, 6) is -0.0481. The lowest BCUT2D eigenvalue weighted by Crippen LogP contribution is -2.38. The molecule has 3 rings (SSSR count). The molecule has 0 radical (unpaired) electrons. The van der Waals surface area contributed by atoms with Crippen molar-refractivity contribution in [3.8, 4) is 0 Å². The summed E-state index contributed by atoms with van der Waals surface area (Å²) in [6.07, 6.45) is 0.619. The lowest BCUT2D eigenvalue weighted by molar-refractivity contribution is -0.121. The van der Waals surface area contributed by atoms with Crippen LogP contribution in [0.2, 0.25) is 5.02 Å². The van der Waals surface area contributed by atoms with E-state index in [4.69, 9.17) is 11.6 Å². The van der Waals surface area contributed by atoms with Crippen LogP contribution in [-0.2, 0) is 16.0 Å². The highest BCUT2D eigenvalue weighted by atomic mass is 35.5. The van der Waals surface area contributed by atoms with Gasteiger partial charge in [-0.1, -0.05) is 41.9 Å². The van der Waals surface area contributed by atoms with Gasteiger partial charge in [0.05, 0.1) is 12.5 Å². The predicted octanol–water partition coefficient (Wildman–Crippen LogP) is 2.80. The molecule has 2 aromatic carbocycles. The minimum absolute atomic E-state index is 0.0352. The van der Waals surface area contributed by atoms with Crippen LogP contribution in [0, 0.1) is 0 Å². The van der Waals surface area contributed by atoms with Gasteiger partial charge in [-0.2, -0.15) is 0 Å². The number of para-hydroxylation sites is 1. The Hall–Kier alpha value is -2.33. The van der Waals surface area contributed by atoms with E-state index in [0.717, 1.165) is 11.3 Å². The molecule has 0 aliphatic carbocycles. The zero-order chi connectivity index (χ0) is 16.2. The molecule has 1 aliphatic rings. The van der Waals surface area contributed by atoms with E-state index >= 15 is 0 Å². The quantitative estimate of drug-likeness (QED) is 0.938. The summed E-state index contributed by atoms with van der Waals surface area (Å²) in [6, 6.07) is 16.5. The van der Waals surface area contributed by atoms with Gasteiger partial charge in [0.15, 0.2) is 0 Å². The van der Waals surface area contributed by atoms with Crippen LogP contribution in [0.15, 0.2) is 54.6 Å². The molecule has 2 aromatic rings. The fourth-order valence-electron chi connectivity index (χ4n) is 2.73. The summed E-state index contributed by atoms with van der Waals surface area (Å²) in [5, 5.41) is 3.58.